The lowest BCUT2D eigenvalue weighted by molar-refractivity contribution is -0.117. The molecule has 0 aliphatic rings. The quantitative estimate of drug-likeness (QED) is 0.196. The first-order valence-corrected chi connectivity index (χ1v) is 12.6. The molecule has 0 heterocycles. The van der Waals surface area contributed by atoms with Crippen LogP contribution in [0, 0.1) is 0 Å². The molecule has 8 nitrogen and oxygen atoms in total. The van der Waals surface area contributed by atoms with Crippen molar-refractivity contribution in [1.82, 2.24) is 10.7 Å². The number of rotatable bonds is 10. The maximum absolute atomic E-state index is 13.1. The highest BCUT2D eigenvalue weighted by Gasteiger charge is 2.16. The first-order valence-electron chi connectivity index (χ1n) is 12.2. The van der Waals surface area contributed by atoms with Crippen LogP contribution in [0.2, 0.25) is 5.02 Å². The van der Waals surface area contributed by atoms with Gasteiger partial charge in [-0.05, 0) is 61.9 Å². The lowest BCUT2D eigenvalue weighted by atomic mass is 10.1. The molecule has 2 amide bonds. The molecule has 9 heteroatoms. The fourth-order valence-electron chi connectivity index (χ4n) is 3.68. The number of hydrazone groups is 1. The molecule has 0 saturated carbocycles. The number of aromatic hydroxyl groups is 1. The van der Waals surface area contributed by atoms with Crippen molar-refractivity contribution >= 4 is 47.1 Å². The minimum Gasteiger partial charge on any atom is -0.507 e. The summed E-state index contributed by atoms with van der Waals surface area (Å²) in [5.41, 5.74) is 5.66. The fourth-order valence-corrected chi connectivity index (χ4v) is 3.90. The summed E-state index contributed by atoms with van der Waals surface area (Å²) in [4.78, 5) is 30.0. The Morgan fingerprint density at radius 2 is 1.63 bits per heavy atom. The molecule has 3 N–H and O–H groups in total. The summed E-state index contributed by atoms with van der Waals surface area (Å²) in [6.45, 7) is 5.70. The SMILES string of the molecule is CCN(CC)c1ccc(/C=N/NC(=O)/C(=C\c2ccc(N(C)C)cc2)NC(=O)c2ccccc2Cl)c(O)c1. The molecule has 0 aliphatic heterocycles. The first-order chi connectivity index (χ1) is 18.2. The number of phenols is 1. The summed E-state index contributed by atoms with van der Waals surface area (Å²) in [6, 6.07) is 19.3. The predicted octanol–water partition coefficient (Wildman–Crippen LogP) is 4.88. The Morgan fingerprint density at radius 1 is 0.974 bits per heavy atom. The molecular weight excluding hydrogens is 502 g/mol. The van der Waals surface area contributed by atoms with Crippen LogP contribution in [0.15, 0.2) is 77.5 Å². The zero-order chi connectivity index (χ0) is 27.7. The van der Waals surface area contributed by atoms with Crippen molar-refractivity contribution in [2.75, 3.05) is 37.0 Å². The van der Waals surface area contributed by atoms with Crippen LogP contribution in [0.5, 0.6) is 5.75 Å². The van der Waals surface area contributed by atoms with E-state index in [1.807, 2.05) is 63.2 Å². The van der Waals surface area contributed by atoms with Crippen LogP contribution in [0.25, 0.3) is 6.08 Å². The number of anilines is 2. The van der Waals surface area contributed by atoms with Gasteiger partial charge in [-0.2, -0.15) is 5.10 Å². The third kappa shape index (κ3) is 7.36. The molecule has 198 valence electrons. The van der Waals surface area contributed by atoms with E-state index in [-0.39, 0.29) is 22.0 Å². The van der Waals surface area contributed by atoms with Gasteiger partial charge in [-0.15, -0.1) is 0 Å². The number of nitrogens with one attached hydrogen (secondary N) is 2. The van der Waals surface area contributed by atoms with Gasteiger partial charge in [0.2, 0.25) is 0 Å². The molecule has 0 aromatic heterocycles. The van der Waals surface area contributed by atoms with Crippen LogP contribution in [-0.2, 0) is 4.79 Å². The molecule has 0 fully saturated rings. The second-order valence-electron chi connectivity index (χ2n) is 8.59. The maximum Gasteiger partial charge on any atom is 0.287 e. The highest BCUT2D eigenvalue weighted by atomic mass is 35.5. The number of benzene rings is 3. The number of hydrogen-bond acceptors (Lipinski definition) is 6. The number of amides is 2. The minimum atomic E-state index is -0.641. The number of nitrogens with zero attached hydrogens (tertiary/aromatic N) is 3. The average molecular weight is 534 g/mol. The molecule has 0 aliphatic carbocycles. The Hall–Kier alpha value is -4.30. The summed E-state index contributed by atoms with van der Waals surface area (Å²) in [6.07, 6.45) is 2.90. The van der Waals surface area contributed by atoms with Gasteiger partial charge in [-0.1, -0.05) is 35.9 Å². The van der Waals surface area contributed by atoms with Crippen molar-refractivity contribution in [1.29, 1.82) is 0 Å². The number of halogens is 1. The molecule has 38 heavy (non-hydrogen) atoms. The molecule has 3 rings (SSSR count). The van der Waals surface area contributed by atoms with Gasteiger partial charge in [-0.3, -0.25) is 9.59 Å². The fraction of sp³-hybridized carbons (Fsp3) is 0.207. The van der Waals surface area contributed by atoms with E-state index in [1.165, 1.54) is 6.21 Å². The van der Waals surface area contributed by atoms with Gasteiger partial charge in [0.15, 0.2) is 0 Å². The number of hydrogen-bond donors (Lipinski definition) is 3. The highest BCUT2D eigenvalue weighted by molar-refractivity contribution is 6.34. The van der Waals surface area contributed by atoms with Gasteiger partial charge >= 0.3 is 0 Å². The van der Waals surface area contributed by atoms with Crippen LogP contribution < -0.4 is 20.5 Å². The Morgan fingerprint density at radius 3 is 2.24 bits per heavy atom. The number of carbonyl (C=O) groups excluding carboxylic acids is 2. The van der Waals surface area contributed by atoms with E-state index < -0.39 is 11.8 Å². The van der Waals surface area contributed by atoms with Crippen LogP contribution in [0.1, 0.15) is 35.3 Å². The molecular formula is C29H32ClN5O3. The van der Waals surface area contributed by atoms with Gasteiger partial charge in [0.1, 0.15) is 11.4 Å². The average Bonchev–Trinajstić information content (AvgIpc) is 2.90. The van der Waals surface area contributed by atoms with Crippen molar-refractivity contribution in [3.63, 3.8) is 0 Å². The van der Waals surface area contributed by atoms with E-state index in [2.05, 4.69) is 20.7 Å². The second-order valence-corrected chi connectivity index (χ2v) is 9.00. The standard InChI is InChI=1S/C29H32ClN5O3/c1-5-35(6-2)23-16-13-21(27(36)18-23)19-31-33-29(38)26(17-20-11-14-22(15-12-20)34(3)4)32-28(37)24-9-7-8-10-25(24)30/h7-19,36H,5-6H2,1-4H3,(H,32,37)(H,33,38)/b26-17+,31-19+. The molecule has 0 bridgehead atoms. The largest absolute Gasteiger partial charge is 0.507 e. The van der Waals surface area contributed by atoms with E-state index in [1.54, 1.807) is 42.5 Å². The van der Waals surface area contributed by atoms with Gasteiger partial charge < -0.3 is 20.2 Å². The molecule has 0 atom stereocenters. The lowest BCUT2D eigenvalue weighted by Crippen LogP contribution is -2.33. The molecule has 0 radical (unpaired) electrons. The zero-order valence-electron chi connectivity index (χ0n) is 21.9. The molecule has 0 spiro atoms. The van der Waals surface area contributed by atoms with Crippen molar-refractivity contribution in [3.05, 3.63) is 94.1 Å². The van der Waals surface area contributed by atoms with Gasteiger partial charge in [0.25, 0.3) is 11.8 Å². The monoisotopic (exact) mass is 533 g/mol. The summed E-state index contributed by atoms with van der Waals surface area (Å²) in [5.74, 6) is -1.13. The van der Waals surface area contributed by atoms with E-state index >= 15 is 0 Å². The van der Waals surface area contributed by atoms with Gasteiger partial charge in [-0.25, -0.2) is 5.43 Å². The minimum absolute atomic E-state index is 0.0224. The molecule has 0 saturated heterocycles. The Kier molecular flexibility index (Phi) is 9.90. The molecule has 3 aromatic rings. The number of carbonyl (C=O) groups is 2. The molecule has 0 unspecified atom stereocenters. The maximum atomic E-state index is 13.1. The van der Waals surface area contributed by atoms with Crippen LogP contribution in [0.4, 0.5) is 11.4 Å². The first kappa shape index (κ1) is 28.3. The lowest BCUT2D eigenvalue weighted by Gasteiger charge is -2.21. The third-order valence-electron chi connectivity index (χ3n) is 5.84. The van der Waals surface area contributed by atoms with Crippen molar-refractivity contribution in [3.8, 4) is 5.75 Å². The predicted molar refractivity (Wildman–Crippen MR) is 155 cm³/mol. The normalized spacial score (nSPS) is 11.3. The number of phenolic OH excluding ortho intramolecular Hbond substituents is 1. The van der Waals surface area contributed by atoms with Crippen molar-refractivity contribution < 1.29 is 14.7 Å². The summed E-state index contributed by atoms with van der Waals surface area (Å²) < 4.78 is 0. The van der Waals surface area contributed by atoms with E-state index in [0.29, 0.717) is 11.1 Å². The third-order valence-corrected chi connectivity index (χ3v) is 6.17. The van der Waals surface area contributed by atoms with Crippen LogP contribution >= 0.6 is 11.6 Å². The zero-order valence-corrected chi connectivity index (χ0v) is 22.7. The van der Waals surface area contributed by atoms with Crippen LogP contribution in [-0.4, -0.2) is 50.3 Å². The van der Waals surface area contributed by atoms with Crippen molar-refractivity contribution in [2.45, 2.75) is 13.8 Å². The van der Waals surface area contributed by atoms with Gasteiger partial charge in [0, 0.05) is 50.2 Å². The van der Waals surface area contributed by atoms with E-state index in [4.69, 9.17) is 11.6 Å². The van der Waals surface area contributed by atoms with Crippen molar-refractivity contribution in [2.24, 2.45) is 5.10 Å². The summed E-state index contributed by atoms with van der Waals surface area (Å²) in [5, 5.41) is 17.3. The molecule has 3 aromatic carbocycles. The summed E-state index contributed by atoms with van der Waals surface area (Å²) in [7, 11) is 3.86. The Balaban J connectivity index is 1.82. The highest BCUT2D eigenvalue weighted by Crippen LogP contribution is 2.23. The summed E-state index contributed by atoms with van der Waals surface area (Å²) >= 11 is 6.17. The Labute approximate surface area is 228 Å². The van der Waals surface area contributed by atoms with E-state index in [0.717, 1.165) is 24.5 Å². The van der Waals surface area contributed by atoms with E-state index in [9.17, 15) is 14.7 Å². The van der Waals surface area contributed by atoms with Crippen LogP contribution in [0.3, 0.4) is 0 Å². The van der Waals surface area contributed by atoms with Gasteiger partial charge in [0.05, 0.1) is 16.8 Å². The smallest absolute Gasteiger partial charge is 0.287 e. The Bertz CT molecular complexity index is 1330. The second kappa shape index (κ2) is 13.3. The topological polar surface area (TPSA) is 97.3 Å².